The molecule has 0 bridgehead atoms. The first-order valence-electron chi connectivity index (χ1n) is 13.5. The quantitative estimate of drug-likeness (QED) is 0.420. The van der Waals surface area contributed by atoms with Crippen molar-refractivity contribution in [1.29, 1.82) is 5.26 Å². The van der Waals surface area contributed by atoms with E-state index in [1.165, 1.54) is 12.8 Å². The number of ether oxygens (including phenoxy) is 1. The Hall–Kier alpha value is -3.28. The van der Waals surface area contributed by atoms with Gasteiger partial charge in [0.25, 0.3) is 0 Å². The number of carbonyl (C=O) groups excluding carboxylic acids is 2. The van der Waals surface area contributed by atoms with Gasteiger partial charge in [0, 0.05) is 25.7 Å². The van der Waals surface area contributed by atoms with Gasteiger partial charge in [-0.05, 0) is 88.8 Å². The summed E-state index contributed by atoms with van der Waals surface area (Å²) in [7, 11) is 0. The van der Waals surface area contributed by atoms with Crippen molar-refractivity contribution in [2.75, 3.05) is 19.6 Å². The molecule has 1 aromatic carbocycles. The minimum Gasteiger partial charge on any atom is -0.444 e. The minimum absolute atomic E-state index is 0.0328. The Balaban J connectivity index is 0.000000617. The predicted molar refractivity (Wildman–Crippen MR) is 143 cm³/mol. The van der Waals surface area contributed by atoms with E-state index in [2.05, 4.69) is 30.4 Å². The maximum absolute atomic E-state index is 13.3. The molecule has 0 N–H and O–H groups in total. The van der Waals surface area contributed by atoms with Crippen LogP contribution >= 0.6 is 0 Å². The van der Waals surface area contributed by atoms with Gasteiger partial charge < -0.3 is 14.5 Å². The molecule has 39 heavy (non-hydrogen) atoms. The van der Waals surface area contributed by atoms with Crippen LogP contribution in [0.5, 0.6) is 0 Å². The predicted octanol–water partition coefficient (Wildman–Crippen LogP) is 6.56. The number of likely N-dealkylation sites (tertiary alicyclic amines) is 1. The van der Waals surface area contributed by atoms with E-state index in [4.69, 9.17) is 4.74 Å². The van der Waals surface area contributed by atoms with E-state index in [1.807, 2.05) is 6.07 Å². The summed E-state index contributed by atoms with van der Waals surface area (Å²) < 4.78 is 45.4. The lowest BCUT2D eigenvalue weighted by Crippen LogP contribution is -2.53. The topological polar surface area (TPSA) is 73.6 Å². The molecule has 1 saturated carbocycles. The third-order valence-corrected chi connectivity index (χ3v) is 6.99. The molecule has 212 valence electrons. The Morgan fingerprint density at radius 1 is 1.10 bits per heavy atom. The van der Waals surface area contributed by atoms with Crippen LogP contribution in [0, 0.1) is 16.7 Å². The third kappa shape index (κ3) is 9.45. The number of nitriles is 1. The van der Waals surface area contributed by atoms with Gasteiger partial charge in [-0.2, -0.15) is 18.4 Å². The molecule has 4 rings (SSSR count). The van der Waals surface area contributed by atoms with Crippen molar-refractivity contribution in [3.05, 3.63) is 59.7 Å². The van der Waals surface area contributed by atoms with Gasteiger partial charge in [0.1, 0.15) is 5.60 Å². The zero-order chi connectivity index (χ0) is 28.7. The first-order valence-corrected chi connectivity index (χ1v) is 13.5. The van der Waals surface area contributed by atoms with Crippen molar-refractivity contribution in [1.82, 2.24) is 9.80 Å². The van der Waals surface area contributed by atoms with Crippen LogP contribution in [0.4, 0.5) is 18.0 Å². The molecule has 2 amide bonds. The molecule has 2 aliphatic carbocycles. The number of rotatable bonds is 5. The molecule has 1 heterocycles. The molecule has 0 unspecified atom stereocenters. The van der Waals surface area contributed by atoms with Crippen molar-refractivity contribution in [3.8, 4) is 6.07 Å². The first-order chi connectivity index (χ1) is 18.3. The SMILES string of the molecule is C1=CCCC=C1.CC(C)(C)OC(=O)N1CCC(Cc2cccc(C#N)c2)(CN(C(=O)C(F)(F)F)C2CC2)CC1. The minimum atomic E-state index is -4.93. The average molecular weight is 546 g/mol. The summed E-state index contributed by atoms with van der Waals surface area (Å²) in [6.07, 6.45) is 8.01. The smallest absolute Gasteiger partial charge is 0.444 e. The monoisotopic (exact) mass is 545 g/mol. The van der Waals surface area contributed by atoms with E-state index in [1.54, 1.807) is 43.9 Å². The van der Waals surface area contributed by atoms with Crippen LogP contribution in [-0.4, -0.2) is 59.3 Å². The Labute approximate surface area is 229 Å². The summed E-state index contributed by atoms with van der Waals surface area (Å²) in [6, 6.07) is 8.68. The highest BCUT2D eigenvalue weighted by atomic mass is 19.4. The summed E-state index contributed by atoms with van der Waals surface area (Å²) in [5.74, 6) is -1.80. The third-order valence-electron chi connectivity index (χ3n) is 6.99. The maximum Gasteiger partial charge on any atom is 0.471 e. The van der Waals surface area contributed by atoms with Crippen molar-refractivity contribution >= 4 is 12.0 Å². The molecule has 3 aliphatic rings. The lowest BCUT2D eigenvalue weighted by atomic mass is 9.73. The molecule has 0 atom stereocenters. The summed E-state index contributed by atoms with van der Waals surface area (Å²) in [5, 5.41) is 9.22. The second kappa shape index (κ2) is 12.7. The van der Waals surface area contributed by atoms with Gasteiger partial charge >= 0.3 is 18.2 Å². The van der Waals surface area contributed by atoms with Gasteiger partial charge in [-0.1, -0.05) is 36.4 Å². The second-order valence-electron chi connectivity index (χ2n) is 11.6. The lowest BCUT2D eigenvalue weighted by Gasteiger charge is -2.45. The number of allylic oxidation sites excluding steroid dienone is 4. The largest absolute Gasteiger partial charge is 0.471 e. The number of nitrogens with zero attached hydrogens (tertiary/aromatic N) is 3. The van der Waals surface area contributed by atoms with Crippen molar-refractivity contribution in [2.45, 2.75) is 83.5 Å². The number of alkyl halides is 3. The van der Waals surface area contributed by atoms with Crippen LogP contribution in [0.3, 0.4) is 0 Å². The van der Waals surface area contributed by atoms with Gasteiger partial charge in [-0.15, -0.1) is 0 Å². The van der Waals surface area contributed by atoms with Crippen LogP contribution in [0.2, 0.25) is 0 Å². The molecule has 0 spiro atoms. The van der Waals surface area contributed by atoms with Crippen LogP contribution in [0.15, 0.2) is 48.6 Å². The zero-order valence-corrected chi connectivity index (χ0v) is 23.0. The molecule has 0 aromatic heterocycles. The van der Waals surface area contributed by atoms with E-state index in [9.17, 15) is 28.0 Å². The molecule has 1 saturated heterocycles. The van der Waals surface area contributed by atoms with E-state index in [0.717, 1.165) is 10.5 Å². The highest BCUT2D eigenvalue weighted by Gasteiger charge is 2.50. The van der Waals surface area contributed by atoms with Gasteiger partial charge in [0.15, 0.2) is 0 Å². The van der Waals surface area contributed by atoms with Crippen molar-refractivity contribution in [3.63, 3.8) is 0 Å². The number of carbonyl (C=O) groups is 2. The first kappa shape index (κ1) is 30.3. The van der Waals surface area contributed by atoms with Gasteiger partial charge in [-0.3, -0.25) is 4.79 Å². The molecule has 1 aliphatic heterocycles. The molecular weight excluding hydrogens is 507 g/mol. The Morgan fingerprint density at radius 2 is 1.72 bits per heavy atom. The fourth-order valence-corrected chi connectivity index (χ4v) is 4.88. The summed E-state index contributed by atoms with van der Waals surface area (Å²) in [4.78, 5) is 27.3. The van der Waals surface area contributed by atoms with Gasteiger partial charge in [0.05, 0.1) is 11.6 Å². The van der Waals surface area contributed by atoms with Crippen LogP contribution in [0.1, 0.15) is 70.4 Å². The summed E-state index contributed by atoms with van der Waals surface area (Å²) >= 11 is 0. The molecule has 1 aromatic rings. The number of piperidine rings is 1. The fraction of sp³-hybridized carbons (Fsp3) is 0.567. The number of amides is 2. The van der Waals surface area contributed by atoms with Crippen LogP contribution in [-0.2, 0) is 16.0 Å². The van der Waals surface area contributed by atoms with Crippen LogP contribution < -0.4 is 0 Å². The number of halogens is 3. The summed E-state index contributed by atoms with van der Waals surface area (Å²) in [6.45, 7) is 5.94. The van der Waals surface area contributed by atoms with Crippen molar-refractivity contribution in [2.24, 2.45) is 5.41 Å². The molecular formula is C30H38F3N3O3. The van der Waals surface area contributed by atoms with Gasteiger partial charge in [-0.25, -0.2) is 4.79 Å². The second-order valence-corrected chi connectivity index (χ2v) is 11.6. The van der Waals surface area contributed by atoms with Crippen LogP contribution in [0.25, 0.3) is 0 Å². The zero-order valence-electron chi connectivity index (χ0n) is 23.0. The number of hydrogen-bond donors (Lipinski definition) is 0. The standard InChI is InChI=1S/C24H30F3N3O3.C6H8/c1-22(2,3)33-21(32)29-11-9-23(10-12-29,14-17-5-4-6-18(13-17)15-28)16-30(19-7-8-19)20(31)24(25,26)27;1-2-4-6-5-3-1/h4-6,13,19H,7-12,14,16H2,1-3H3;1-4H,5-6H2. The lowest BCUT2D eigenvalue weighted by molar-refractivity contribution is -0.188. The summed E-state index contributed by atoms with van der Waals surface area (Å²) in [5.41, 5.74) is 0.00988. The van der Waals surface area contributed by atoms with E-state index in [-0.39, 0.29) is 6.54 Å². The number of benzene rings is 1. The molecule has 2 fully saturated rings. The molecule has 9 heteroatoms. The van der Waals surface area contributed by atoms with Crippen molar-refractivity contribution < 1.29 is 27.5 Å². The maximum atomic E-state index is 13.3. The number of hydrogen-bond acceptors (Lipinski definition) is 4. The Bertz CT molecular complexity index is 1090. The highest BCUT2D eigenvalue weighted by Crippen LogP contribution is 2.41. The average Bonchev–Trinajstić information content (AvgIpc) is 3.73. The normalized spacial score (nSPS) is 18.4. The van der Waals surface area contributed by atoms with E-state index >= 15 is 0 Å². The molecule has 6 nitrogen and oxygen atoms in total. The molecule has 0 radical (unpaired) electrons. The Morgan fingerprint density at radius 3 is 2.18 bits per heavy atom. The highest BCUT2D eigenvalue weighted by molar-refractivity contribution is 5.82. The fourth-order valence-electron chi connectivity index (χ4n) is 4.88. The van der Waals surface area contributed by atoms with E-state index < -0.39 is 35.2 Å². The van der Waals surface area contributed by atoms with E-state index in [0.29, 0.717) is 50.8 Å². The van der Waals surface area contributed by atoms with Gasteiger partial charge in [0.2, 0.25) is 0 Å². The Kier molecular flexibility index (Phi) is 9.87.